The molecule has 0 aliphatic carbocycles. The van der Waals surface area contributed by atoms with Crippen molar-refractivity contribution in [3.63, 3.8) is 0 Å². The fourth-order valence-electron chi connectivity index (χ4n) is 3.14. The number of imide groups is 1. The van der Waals surface area contributed by atoms with Crippen LogP contribution >= 0.6 is 0 Å². The van der Waals surface area contributed by atoms with Crippen LogP contribution in [0.25, 0.3) is 0 Å². The molecule has 1 heterocycles. The van der Waals surface area contributed by atoms with Crippen LogP contribution in [0.3, 0.4) is 0 Å². The third-order valence-corrected chi connectivity index (χ3v) is 5.17. The molecule has 0 unspecified atom stereocenters. The van der Waals surface area contributed by atoms with E-state index in [0.29, 0.717) is 6.42 Å². The molecule has 0 saturated carbocycles. The first-order valence-corrected chi connectivity index (χ1v) is 10.0. The molecule has 3 amide bonds. The van der Waals surface area contributed by atoms with E-state index in [9.17, 15) is 19.2 Å². The van der Waals surface area contributed by atoms with Gasteiger partial charge in [0.05, 0.1) is 11.1 Å². The van der Waals surface area contributed by atoms with Gasteiger partial charge in [0.2, 0.25) is 0 Å². The lowest BCUT2D eigenvalue weighted by Crippen LogP contribution is -2.47. The van der Waals surface area contributed by atoms with Gasteiger partial charge in [-0.15, -0.1) is 0 Å². The number of nitrogens with zero attached hydrogens (tertiary/aromatic N) is 1. The second kappa shape index (κ2) is 9.88. The summed E-state index contributed by atoms with van der Waals surface area (Å²) in [5, 5.41) is 2.53. The van der Waals surface area contributed by atoms with Crippen molar-refractivity contribution in [2.24, 2.45) is 5.92 Å². The number of nitrogens with one attached hydrogen (secondary N) is 1. The van der Waals surface area contributed by atoms with E-state index in [-0.39, 0.29) is 23.7 Å². The number of esters is 1. The van der Waals surface area contributed by atoms with Crippen molar-refractivity contribution in [1.82, 2.24) is 10.2 Å². The van der Waals surface area contributed by atoms with Crippen LogP contribution in [0, 0.1) is 5.92 Å². The molecule has 0 saturated heterocycles. The number of hydrogen-bond donors (Lipinski definition) is 1. The quantitative estimate of drug-likeness (QED) is 0.516. The van der Waals surface area contributed by atoms with E-state index >= 15 is 0 Å². The van der Waals surface area contributed by atoms with Gasteiger partial charge in [0, 0.05) is 0 Å². The summed E-state index contributed by atoms with van der Waals surface area (Å²) in [5.41, 5.74) is 1.35. The minimum absolute atomic E-state index is 0.0595. The standard InChI is InChI=1S/C23H24N2O6/c1-3-15(2)19(24-23(29)30-13-16-9-5-4-6-10-16)22(28)31-14-25-20(26)17-11-7-8-12-18(17)21(25)27/h4-12,15,19H,3,13-14H2,1-2H3,(H,24,29)/t15-,19-/m0/s1. The number of carbonyl (C=O) groups is 4. The van der Waals surface area contributed by atoms with Crippen LogP contribution in [0.2, 0.25) is 0 Å². The highest BCUT2D eigenvalue weighted by Crippen LogP contribution is 2.22. The second-order valence-corrected chi connectivity index (χ2v) is 7.25. The van der Waals surface area contributed by atoms with Gasteiger partial charge in [-0.2, -0.15) is 0 Å². The van der Waals surface area contributed by atoms with Gasteiger partial charge >= 0.3 is 12.1 Å². The Bertz CT molecular complexity index is 940. The Labute approximate surface area is 180 Å². The molecule has 0 spiro atoms. The van der Waals surface area contributed by atoms with Gasteiger partial charge in [0.25, 0.3) is 11.8 Å². The highest BCUT2D eigenvalue weighted by Gasteiger charge is 2.37. The fraction of sp³-hybridized carbons (Fsp3) is 0.304. The third-order valence-electron chi connectivity index (χ3n) is 5.17. The Morgan fingerprint density at radius 1 is 0.935 bits per heavy atom. The predicted octanol–water partition coefficient (Wildman–Crippen LogP) is 3.12. The van der Waals surface area contributed by atoms with Gasteiger partial charge in [-0.25, -0.2) is 14.5 Å². The SMILES string of the molecule is CC[C@H](C)[C@H](NC(=O)OCc1ccccc1)C(=O)OCN1C(=O)c2ccccc2C1=O. The molecule has 3 rings (SSSR count). The first kappa shape index (κ1) is 22.0. The largest absolute Gasteiger partial charge is 0.445 e. The smallest absolute Gasteiger partial charge is 0.408 e. The lowest BCUT2D eigenvalue weighted by Gasteiger charge is -2.23. The average molecular weight is 424 g/mol. The number of amides is 3. The zero-order valence-electron chi connectivity index (χ0n) is 17.4. The van der Waals surface area contributed by atoms with Gasteiger partial charge in [0.15, 0.2) is 6.73 Å². The van der Waals surface area contributed by atoms with Crippen LogP contribution in [-0.2, 0) is 20.9 Å². The summed E-state index contributed by atoms with van der Waals surface area (Å²) in [4.78, 5) is 50.5. The van der Waals surface area contributed by atoms with Crippen molar-refractivity contribution >= 4 is 23.9 Å². The Morgan fingerprint density at radius 3 is 2.10 bits per heavy atom. The number of rotatable bonds is 8. The summed E-state index contributed by atoms with van der Waals surface area (Å²) in [6.07, 6.45) is -0.169. The van der Waals surface area contributed by atoms with Gasteiger partial charge < -0.3 is 14.8 Å². The minimum Gasteiger partial charge on any atom is -0.445 e. The zero-order chi connectivity index (χ0) is 22.4. The summed E-state index contributed by atoms with van der Waals surface area (Å²) in [6.45, 7) is 3.18. The molecule has 0 bridgehead atoms. The van der Waals surface area contributed by atoms with Crippen molar-refractivity contribution in [2.75, 3.05) is 6.73 Å². The molecule has 1 N–H and O–H groups in total. The van der Waals surface area contributed by atoms with Crippen molar-refractivity contribution in [2.45, 2.75) is 32.9 Å². The predicted molar refractivity (Wildman–Crippen MR) is 111 cm³/mol. The first-order chi connectivity index (χ1) is 14.9. The summed E-state index contributed by atoms with van der Waals surface area (Å²) >= 11 is 0. The van der Waals surface area contributed by atoms with Crippen LogP contribution in [0.15, 0.2) is 54.6 Å². The van der Waals surface area contributed by atoms with Gasteiger partial charge in [-0.1, -0.05) is 62.7 Å². The summed E-state index contributed by atoms with van der Waals surface area (Å²) in [7, 11) is 0. The topological polar surface area (TPSA) is 102 Å². The van der Waals surface area contributed by atoms with E-state index < -0.39 is 36.6 Å². The average Bonchev–Trinajstić information content (AvgIpc) is 3.04. The molecular weight excluding hydrogens is 400 g/mol. The van der Waals surface area contributed by atoms with Crippen LogP contribution in [0.1, 0.15) is 46.5 Å². The van der Waals surface area contributed by atoms with Crippen molar-refractivity contribution < 1.29 is 28.7 Å². The maximum atomic E-state index is 12.7. The molecule has 8 heteroatoms. The molecule has 162 valence electrons. The van der Waals surface area contributed by atoms with E-state index in [1.165, 1.54) is 0 Å². The lowest BCUT2D eigenvalue weighted by atomic mass is 9.99. The number of carbonyl (C=O) groups excluding carboxylic acids is 4. The summed E-state index contributed by atoms with van der Waals surface area (Å²) < 4.78 is 10.4. The van der Waals surface area contributed by atoms with Gasteiger partial charge in [-0.3, -0.25) is 9.59 Å². The molecule has 0 aromatic heterocycles. The fourth-order valence-corrected chi connectivity index (χ4v) is 3.14. The van der Waals surface area contributed by atoms with Gasteiger partial charge in [-0.05, 0) is 23.6 Å². The maximum absolute atomic E-state index is 12.7. The Kier molecular flexibility index (Phi) is 7.02. The third kappa shape index (κ3) is 5.09. The molecule has 2 aromatic carbocycles. The number of benzene rings is 2. The van der Waals surface area contributed by atoms with Crippen molar-refractivity contribution in [1.29, 1.82) is 0 Å². The molecule has 0 fully saturated rings. The maximum Gasteiger partial charge on any atom is 0.408 e. The first-order valence-electron chi connectivity index (χ1n) is 10.0. The van der Waals surface area contributed by atoms with Crippen molar-refractivity contribution in [3.8, 4) is 0 Å². The Hall–Kier alpha value is -3.68. The highest BCUT2D eigenvalue weighted by molar-refractivity contribution is 6.21. The molecule has 2 atom stereocenters. The van der Waals surface area contributed by atoms with Crippen LogP contribution in [0.4, 0.5) is 4.79 Å². The van der Waals surface area contributed by atoms with E-state index in [2.05, 4.69) is 5.32 Å². The second-order valence-electron chi connectivity index (χ2n) is 7.25. The van der Waals surface area contributed by atoms with E-state index in [0.717, 1.165) is 10.5 Å². The number of hydrogen-bond acceptors (Lipinski definition) is 6. The Balaban J connectivity index is 1.58. The van der Waals surface area contributed by atoms with E-state index in [1.54, 1.807) is 31.2 Å². The van der Waals surface area contributed by atoms with E-state index in [1.807, 2.05) is 37.3 Å². The number of alkyl carbamates (subject to hydrolysis) is 1. The van der Waals surface area contributed by atoms with Gasteiger partial charge in [0.1, 0.15) is 12.6 Å². The molecule has 1 aliphatic rings. The van der Waals surface area contributed by atoms with Crippen LogP contribution < -0.4 is 5.32 Å². The number of fused-ring (bicyclic) bond motifs is 1. The zero-order valence-corrected chi connectivity index (χ0v) is 17.4. The summed E-state index contributed by atoms with van der Waals surface area (Å²) in [6, 6.07) is 14.6. The molecule has 2 aromatic rings. The molecular formula is C23H24N2O6. The lowest BCUT2D eigenvalue weighted by molar-refractivity contribution is -0.150. The normalized spacial score (nSPS) is 14.6. The molecule has 8 nitrogen and oxygen atoms in total. The number of ether oxygens (including phenoxy) is 2. The molecule has 0 radical (unpaired) electrons. The summed E-state index contributed by atoms with van der Waals surface area (Å²) in [5.74, 6) is -2.05. The minimum atomic E-state index is -0.983. The monoisotopic (exact) mass is 424 g/mol. The highest BCUT2D eigenvalue weighted by atomic mass is 16.6. The molecule has 1 aliphatic heterocycles. The molecule has 31 heavy (non-hydrogen) atoms. The van der Waals surface area contributed by atoms with Crippen LogP contribution in [-0.4, -0.2) is 41.5 Å². The Morgan fingerprint density at radius 2 is 1.52 bits per heavy atom. The van der Waals surface area contributed by atoms with Crippen molar-refractivity contribution in [3.05, 3.63) is 71.3 Å². The van der Waals surface area contributed by atoms with Crippen LogP contribution in [0.5, 0.6) is 0 Å². The van der Waals surface area contributed by atoms with E-state index in [4.69, 9.17) is 9.47 Å².